The summed E-state index contributed by atoms with van der Waals surface area (Å²) in [6, 6.07) is 12.0. The van der Waals surface area contributed by atoms with Gasteiger partial charge in [-0.05, 0) is 28.5 Å². The zero-order valence-corrected chi connectivity index (χ0v) is 23.2. The van der Waals surface area contributed by atoms with Crippen LogP contribution in [0.15, 0.2) is 45.8 Å². The van der Waals surface area contributed by atoms with Gasteiger partial charge in [0.25, 0.3) is 5.88 Å². The molecule has 7 heteroatoms. The first-order chi connectivity index (χ1) is 16.5. The van der Waals surface area contributed by atoms with E-state index in [1.54, 1.807) is 0 Å². The molecular weight excluding hydrogens is 474 g/mol. The maximum atomic E-state index is 11.3. The van der Waals surface area contributed by atoms with Gasteiger partial charge in [0.05, 0.1) is 12.1 Å². The lowest BCUT2D eigenvalue weighted by Crippen LogP contribution is -2.20. The summed E-state index contributed by atoms with van der Waals surface area (Å²) in [5.74, 6) is 3.33. The number of rotatable bonds is 6. The number of phenolic OH excluding ortho intramolecular Hbond substituents is 1. The lowest BCUT2D eigenvalue weighted by Gasteiger charge is -2.27. The standard InChI is InChI=1S/C29H37N3O3.ClH/c1-8-22-27(35-23-12-10-9-11-18(23)15-24-30-13-14-31-24)32-26(34-22)20-16-19(28(2,3)4)17-21(25(20)33)29(5,6)7;/h9-12,16-17,33H,8,13-15H2,1-7H3,(H,30,31);1H. The summed E-state index contributed by atoms with van der Waals surface area (Å²) in [6.45, 7) is 16.5. The van der Waals surface area contributed by atoms with Crippen LogP contribution in [0.2, 0.25) is 0 Å². The van der Waals surface area contributed by atoms with Crippen molar-refractivity contribution in [2.45, 2.75) is 72.1 Å². The van der Waals surface area contributed by atoms with Crippen LogP contribution in [0, 0.1) is 0 Å². The number of aromatic nitrogens is 1. The fourth-order valence-electron chi connectivity index (χ4n) is 4.16. The van der Waals surface area contributed by atoms with Crippen LogP contribution < -0.4 is 10.1 Å². The number of nitrogens with zero attached hydrogens (tertiary/aromatic N) is 2. The van der Waals surface area contributed by atoms with Crippen LogP contribution in [0.25, 0.3) is 11.5 Å². The first-order valence-corrected chi connectivity index (χ1v) is 12.4. The minimum atomic E-state index is -0.241. The van der Waals surface area contributed by atoms with E-state index in [0.29, 0.717) is 35.9 Å². The molecule has 0 saturated carbocycles. The van der Waals surface area contributed by atoms with Gasteiger partial charge in [-0.2, -0.15) is 4.98 Å². The number of ether oxygens (including phenoxy) is 1. The van der Waals surface area contributed by atoms with Gasteiger partial charge in [0.2, 0.25) is 5.89 Å². The number of halogens is 1. The Labute approximate surface area is 220 Å². The molecule has 0 atom stereocenters. The molecule has 1 aliphatic heterocycles. The maximum absolute atomic E-state index is 11.3. The van der Waals surface area contributed by atoms with Gasteiger partial charge in [-0.25, -0.2) is 0 Å². The van der Waals surface area contributed by atoms with Gasteiger partial charge in [0.15, 0.2) is 5.76 Å². The van der Waals surface area contributed by atoms with E-state index < -0.39 is 0 Å². The van der Waals surface area contributed by atoms with E-state index in [9.17, 15) is 5.11 Å². The number of hydrogen-bond acceptors (Lipinski definition) is 6. The van der Waals surface area contributed by atoms with Crippen LogP contribution in [-0.4, -0.2) is 29.0 Å². The minimum absolute atomic E-state index is 0. The van der Waals surface area contributed by atoms with Gasteiger partial charge in [-0.15, -0.1) is 12.4 Å². The third kappa shape index (κ3) is 5.86. The van der Waals surface area contributed by atoms with Crippen molar-refractivity contribution < 1.29 is 14.3 Å². The molecule has 0 fully saturated rings. The topological polar surface area (TPSA) is 79.9 Å². The van der Waals surface area contributed by atoms with Gasteiger partial charge in [-0.1, -0.05) is 72.7 Å². The molecule has 36 heavy (non-hydrogen) atoms. The third-order valence-electron chi connectivity index (χ3n) is 6.28. The van der Waals surface area contributed by atoms with E-state index in [0.717, 1.165) is 41.4 Å². The summed E-state index contributed by atoms with van der Waals surface area (Å²) in [5, 5.41) is 14.6. The maximum Gasteiger partial charge on any atom is 0.262 e. The van der Waals surface area contributed by atoms with E-state index in [-0.39, 0.29) is 29.0 Å². The van der Waals surface area contributed by atoms with Crippen molar-refractivity contribution in [3.05, 3.63) is 58.8 Å². The Hall–Kier alpha value is -2.99. The summed E-state index contributed by atoms with van der Waals surface area (Å²) in [6.07, 6.45) is 1.29. The van der Waals surface area contributed by atoms with Crippen molar-refractivity contribution in [2.24, 2.45) is 4.99 Å². The number of aliphatic imine (C=N–C) groups is 1. The lowest BCUT2D eigenvalue weighted by molar-refractivity contribution is 0.433. The van der Waals surface area contributed by atoms with E-state index in [2.05, 4.69) is 57.9 Å². The van der Waals surface area contributed by atoms with Crippen LogP contribution >= 0.6 is 12.4 Å². The molecule has 0 aliphatic carbocycles. The van der Waals surface area contributed by atoms with Gasteiger partial charge < -0.3 is 19.6 Å². The molecule has 6 nitrogen and oxygen atoms in total. The molecule has 0 unspecified atom stereocenters. The van der Waals surface area contributed by atoms with E-state index >= 15 is 0 Å². The van der Waals surface area contributed by atoms with Crippen molar-refractivity contribution in [2.75, 3.05) is 13.1 Å². The summed E-state index contributed by atoms with van der Waals surface area (Å²) >= 11 is 0. The molecule has 3 aromatic rings. The number of aromatic hydroxyl groups is 1. The largest absolute Gasteiger partial charge is 0.507 e. The number of hydrogen-bond donors (Lipinski definition) is 2. The third-order valence-corrected chi connectivity index (χ3v) is 6.28. The van der Waals surface area contributed by atoms with E-state index in [4.69, 9.17) is 14.1 Å². The van der Waals surface area contributed by atoms with Crippen molar-refractivity contribution in [3.63, 3.8) is 0 Å². The molecule has 194 valence electrons. The minimum Gasteiger partial charge on any atom is -0.507 e. The number of oxazole rings is 1. The Bertz CT molecular complexity index is 1250. The molecular formula is C29H38ClN3O3. The van der Waals surface area contributed by atoms with Gasteiger partial charge in [-0.3, -0.25) is 4.99 Å². The number of aryl methyl sites for hydroxylation is 1. The van der Waals surface area contributed by atoms with Crippen molar-refractivity contribution >= 4 is 18.2 Å². The molecule has 2 aromatic carbocycles. The van der Waals surface area contributed by atoms with E-state index in [1.165, 1.54) is 0 Å². The quantitative estimate of drug-likeness (QED) is 0.373. The van der Waals surface area contributed by atoms with Crippen LogP contribution in [0.5, 0.6) is 17.4 Å². The summed E-state index contributed by atoms with van der Waals surface area (Å²) in [4.78, 5) is 9.24. The molecule has 0 radical (unpaired) electrons. The second-order valence-corrected chi connectivity index (χ2v) is 11.2. The molecule has 0 amide bonds. The molecule has 2 N–H and O–H groups in total. The monoisotopic (exact) mass is 511 g/mol. The zero-order valence-electron chi connectivity index (χ0n) is 22.4. The molecule has 2 heterocycles. The lowest BCUT2D eigenvalue weighted by atomic mass is 9.79. The Kier molecular flexibility index (Phi) is 8.09. The van der Waals surface area contributed by atoms with Gasteiger partial charge in [0.1, 0.15) is 17.3 Å². The predicted molar refractivity (Wildman–Crippen MR) is 148 cm³/mol. The highest BCUT2D eigenvalue weighted by atomic mass is 35.5. The fourth-order valence-corrected chi connectivity index (χ4v) is 4.16. The number of para-hydroxylation sites is 1. The van der Waals surface area contributed by atoms with Crippen molar-refractivity contribution in [1.82, 2.24) is 10.3 Å². The average Bonchev–Trinajstić information content (AvgIpc) is 3.43. The highest BCUT2D eigenvalue weighted by molar-refractivity contribution is 5.86. The first-order valence-electron chi connectivity index (χ1n) is 12.4. The fraction of sp³-hybridized carbons (Fsp3) is 0.448. The van der Waals surface area contributed by atoms with Crippen LogP contribution in [0.4, 0.5) is 0 Å². The normalized spacial score (nSPS) is 13.7. The summed E-state index contributed by atoms with van der Waals surface area (Å²) in [7, 11) is 0. The number of benzene rings is 2. The number of phenols is 1. The van der Waals surface area contributed by atoms with Crippen LogP contribution in [-0.2, 0) is 23.7 Å². The van der Waals surface area contributed by atoms with Crippen LogP contribution in [0.1, 0.15) is 70.9 Å². The van der Waals surface area contributed by atoms with Crippen molar-refractivity contribution in [3.8, 4) is 28.8 Å². The number of amidine groups is 1. The Morgan fingerprint density at radius 2 is 1.78 bits per heavy atom. The molecule has 1 aromatic heterocycles. The second-order valence-electron chi connectivity index (χ2n) is 11.2. The smallest absolute Gasteiger partial charge is 0.262 e. The Balaban J connectivity index is 0.00000361. The van der Waals surface area contributed by atoms with Gasteiger partial charge >= 0.3 is 0 Å². The highest BCUT2D eigenvalue weighted by Gasteiger charge is 2.28. The predicted octanol–water partition coefficient (Wildman–Crippen LogP) is 6.96. The van der Waals surface area contributed by atoms with Gasteiger partial charge in [0, 0.05) is 30.5 Å². The van der Waals surface area contributed by atoms with Crippen LogP contribution in [0.3, 0.4) is 0 Å². The van der Waals surface area contributed by atoms with Crippen molar-refractivity contribution in [1.29, 1.82) is 0 Å². The molecule has 4 rings (SSSR count). The summed E-state index contributed by atoms with van der Waals surface area (Å²) < 4.78 is 12.5. The van der Waals surface area contributed by atoms with E-state index in [1.807, 2.05) is 37.3 Å². The first kappa shape index (κ1) is 27.6. The zero-order chi connectivity index (χ0) is 25.4. The second kappa shape index (κ2) is 10.6. The molecule has 1 aliphatic rings. The SMILES string of the molecule is CCc1oc(-c2cc(C(C)(C)C)cc(C(C)(C)C)c2O)nc1Oc1ccccc1CC1=NCCN1.Cl. The Morgan fingerprint density at radius 1 is 1.06 bits per heavy atom. The highest BCUT2D eigenvalue weighted by Crippen LogP contribution is 2.43. The molecule has 0 bridgehead atoms. The summed E-state index contributed by atoms with van der Waals surface area (Å²) in [5.41, 5.74) is 3.26. The number of nitrogens with one attached hydrogen (secondary N) is 1. The Morgan fingerprint density at radius 3 is 2.39 bits per heavy atom. The average molecular weight is 512 g/mol. The molecule has 0 spiro atoms. The molecule has 0 saturated heterocycles.